The zero-order valence-corrected chi connectivity index (χ0v) is 15.3. The Kier molecular flexibility index (Phi) is 5.41. The number of rotatable bonds is 6. The molecule has 2 aromatic rings. The highest BCUT2D eigenvalue weighted by molar-refractivity contribution is 6.16. The molecule has 1 aromatic carbocycles. The van der Waals surface area contributed by atoms with E-state index in [1.165, 1.54) is 0 Å². The van der Waals surface area contributed by atoms with Crippen molar-refractivity contribution in [3.63, 3.8) is 0 Å². The Labute approximate surface area is 148 Å². The number of hydrogen-bond donors (Lipinski definition) is 4. The van der Waals surface area contributed by atoms with Gasteiger partial charge in [-0.15, -0.1) is 0 Å². The smallest absolute Gasteiger partial charge is 0.141 e. The minimum absolute atomic E-state index is 0.167. The van der Waals surface area contributed by atoms with Crippen LogP contribution in [0.25, 0.3) is 0 Å². The molecule has 0 unspecified atom stereocenters. The summed E-state index contributed by atoms with van der Waals surface area (Å²) in [6, 6.07) is 5.99. The Bertz CT molecular complexity index is 823. The molecule has 0 aliphatic carbocycles. The van der Waals surface area contributed by atoms with Crippen molar-refractivity contribution in [2.75, 3.05) is 11.1 Å². The van der Waals surface area contributed by atoms with E-state index in [-0.39, 0.29) is 6.04 Å². The van der Waals surface area contributed by atoms with E-state index in [2.05, 4.69) is 21.9 Å². The third kappa shape index (κ3) is 4.35. The Balaban J connectivity index is 2.47. The molecular weight excluding hydrogens is 312 g/mol. The van der Waals surface area contributed by atoms with Gasteiger partial charge in [0.1, 0.15) is 17.5 Å². The second-order valence-corrected chi connectivity index (χ2v) is 6.53. The summed E-state index contributed by atoms with van der Waals surface area (Å²) in [6.07, 6.45) is 0.620. The van der Waals surface area contributed by atoms with Gasteiger partial charge in [0.25, 0.3) is 0 Å². The monoisotopic (exact) mass is 338 g/mol. The quantitative estimate of drug-likeness (QED) is 0.605. The van der Waals surface area contributed by atoms with Gasteiger partial charge in [0.05, 0.1) is 11.3 Å². The first-order chi connectivity index (χ1) is 11.7. The molecule has 25 heavy (non-hydrogen) atoms. The first kappa shape index (κ1) is 18.4. The van der Waals surface area contributed by atoms with Crippen LogP contribution in [0.5, 0.6) is 0 Å². The lowest BCUT2D eigenvalue weighted by atomic mass is 9.96. The molecule has 2 rings (SSSR count). The molecule has 1 heterocycles. The van der Waals surface area contributed by atoms with Crippen LogP contribution in [0.15, 0.2) is 30.5 Å². The van der Waals surface area contributed by atoms with E-state index in [4.69, 9.17) is 16.9 Å². The van der Waals surface area contributed by atoms with Crippen LogP contribution >= 0.6 is 0 Å². The summed E-state index contributed by atoms with van der Waals surface area (Å²) >= 11 is 0. The van der Waals surface area contributed by atoms with Gasteiger partial charge in [0, 0.05) is 23.7 Å². The van der Waals surface area contributed by atoms with E-state index in [1.54, 1.807) is 6.92 Å². The highest BCUT2D eigenvalue weighted by Gasteiger charge is 2.18. The molecule has 6 nitrogen and oxygen atoms in total. The molecule has 0 aliphatic heterocycles. The average Bonchev–Trinajstić information content (AvgIpc) is 2.47. The maximum absolute atomic E-state index is 8.63. The topological polar surface area (TPSA) is 114 Å². The maximum atomic E-state index is 8.63. The molecule has 132 valence electrons. The predicted octanol–water partition coefficient (Wildman–Crippen LogP) is 2.93. The number of allylic oxidation sites excluding steroid dienone is 1. The van der Waals surface area contributed by atoms with Crippen LogP contribution in [0.1, 0.15) is 41.9 Å². The van der Waals surface area contributed by atoms with Gasteiger partial charge < -0.3 is 16.8 Å². The molecule has 1 aromatic heterocycles. The van der Waals surface area contributed by atoms with Gasteiger partial charge in [-0.05, 0) is 44.9 Å². The van der Waals surface area contributed by atoms with Gasteiger partial charge in [-0.2, -0.15) is 0 Å². The van der Waals surface area contributed by atoms with E-state index in [9.17, 15) is 0 Å². The summed E-state index contributed by atoms with van der Waals surface area (Å²) in [7, 11) is 0. The van der Waals surface area contributed by atoms with Crippen molar-refractivity contribution in [1.29, 1.82) is 5.41 Å². The number of nitrogens with one attached hydrogen (secondary N) is 2. The van der Waals surface area contributed by atoms with Crippen LogP contribution in [0.4, 0.5) is 11.6 Å². The van der Waals surface area contributed by atoms with Gasteiger partial charge >= 0.3 is 0 Å². The van der Waals surface area contributed by atoms with Gasteiger partial charge in [-0.1, -0.05) is 18.7 Å². The van der Waals surface area contributed by atoms with Crippen molar-refractivity contribution in [3.05, 3.63) is 58.6 Å². The number of anilines is 2. The molecule has 0 amide bonds. The normalized spacial score (nSPS) is 10.8. The van der Waals surface area contributed by atoms with Gasteiger partial charge in [0.15, 0.2) is 0 Å². The zero-order valence-electron chi connectivity index (χ0n) is 15.3. The molecule has 6 N–H and O–H groups in total. The zero-order chi connectivity index (χ0) is 18.7. The van der Waals surface area contributed by atoms with Crippen LogP contribution in [-0.4, -0.2) is 21.7 Å². The predicted molar refractivity (Wildman–Crippen MR) is 104 cm³/mol. The lowest BCUT2D eigenvalue weighted by Gasteiger charge is -2.17. The van der Waals surface area contributed by atoms with E-state index in [0.717, 1.165) is 16.7 Å². The molecule has 0 spiro atoms. The molecule has 0 radical (unpaired) electrons. The minimum atomic E-state index is 0.167. The SMILES string of the molecule is C=C(N)Cc1ccc(C(=N)c2c(N)nc(C)nc2NC(C)C)cc1C. The Morgan fingerprint density at radius 2 is 1.96 bits per heavy atom. The highest BCUT2D eigenvalue weighted by atomic mass is 15.1. The second kappa shape index (κ2) is 7.34. The Morgan fingerprint density at radius 3 is 2.52 bits per heavy atom. The van der Waals surface area contributed by atoms with Crippen molar-refractivity contribution >= 4 is 17.3 Å². The highest BCUT2D eigenvalue weighted by Crippen LogP contribution is 2.24. The van der Waals surface area contributed by atoms with E-state index in [1.807, 2.05) is 39.0 Å². The van der Waals surface area contributed by atoms with Crippen LogP contribution in [-0.2, 0) is 6.42 Å². The summed E-state index contributed by atoms with van der Waals surface area (Å²) in [5.41, 5.74) is 16.2. The number of hydrogen-bond acceptors (Lipinski definition) is 6. The first-order valence-corrected chi connectivity index (χ1v) is 8.21. The maximum Gasteiger partial charge on any atom is 0.141 e. The molecular formula is C19H26N6. The van der Waals surface area contributed by atoms with Gasteiger partial charge in [0.2, 0.25) is 0 Å². The summed E-state index contributed by atoms with van der Waals surface area (Å²) in [5, 5.41) is 11.9. The fourth-order valence-electron chi connectivity index (χ4n) is 2.66. The standard InChI is InChI=1S/C19H26N6/c1-10(2)23-19-16(18(22)24-13(5)25-19)17(21)15-7-6-14(9-12(4)20)11(3)8-15/h6-8,10,21H,4,9,20H2,1-3,5H3,(H3,22,23,24,25). The van der Waals surface area contributed by atoms with Crippen molar-refractivity contribution in [3.8, 4) is 0 Å². The number of nitrogens with zero attached hydrogens (tertiary/aromatic N) is 2. The second-order valence-electron chi connectivity index (χ2n) is 6.53. The van der Waals surface area contributed by atoms with Gasteiger partial charge in [-0.25, -0.2) is 9.97 Å². The van der Waals surface area contributed by atoms with Crippen molar-refractivity contribution < 1.29 is 0 Å². The number of benzene rings is 1. The lowest BCUT2D eigenvalue weighted by Crippen LogP contribution is -2.19. The van der Waals surface area contributed by atoms with E-state index < -0.39 is 0 Å². The van der Waals surface area contributed by atoms with Crippen LogP contribution in [0, 0.1) is 19.3 Å². The fraction of sp³-hybridized carbons (Fsp3) is 0.316. The molecule has 0 aliphatic rings. The van der Waals surface area contributed by atoms with Crippen molar-refractivity contribution in [2.24, 2.45) is 5.73 Å². The van der Waals surface area contributed by atoms with Crippen LogP contribution in [0.3, 0.4) is 0 Å². The molecule has 0 bridgehead atoms. The molecule has 0 saturated heterocycles. The number of nitrogens with two attached hydrogens (primary N) is 2. The molecule has 0 fully saturated rings. The summed E-state index contributed by atoms with van der Waals surface area (Å²) < 4.78 is 0. The Hall–Kier alpha value is -2.89. The summed E-state index contributed by atoms with van der Waals surface area (Å²) in [5.74, 6) is 1.46. The van der Waals surface area contributed by atoms with Crippen molar-refractivity contribution in [1.82, 2.24) is 9.97 Å². The molecule has 0 atom stereocenters. The lowest BCUT2D eigenvalue weighted by molar-refractivity contribution is 0.880. The fourth-order valence-corrected chi connectivity index (χ4v) is 2.66. The Morgan fingerprint density at radius 1 is 1.28 bits per heavy atom. The summed E-state index contributed by atoms with van der Waals surface area (Å²) in [6.45, 7) is 11.6. The van der Waals surface area contributed by atoms with Crippen molar-refractivity contribution in [2.45, 2.75) is 40.2 Å². The summed E-state index contributed by atoms with van der Waals surface area (Å²) in [4.78, 5) is 8.65. The van der Waals surface area contributed by atoms with E-state index in [0.29, 0.717) is 40.9 Å². The largest absolute Gasteiger partial charge is 0.402 e. The number of aromatic nitrogens is 2. The minimum Gasteiger partial charge on any atom is -0.402 e. The van der Waals surface area contributed by atoms with Crippen LogP contribution in [0.2, 0.25) is 0 Å². The third-order valence-corrected chi connectivity index (χ3v) is 3.77. The van der Waals surface area contributed by atoms with Crippen LogP contribution < -0.4 is 16.8 Å². The van der Waals surface area contributed by atoms with Gasteiger partial charge in [-0.3, -0.25) is 5.41 Å². The number of nitrogen functional groups attached to an aromatic ring is 1. The third-order valence-electron chi connectivity index (χ3n) is 3.77. The molecule has 6 heteroatoms. The first-order valence-electron chi connectivity index (χ1n) is 8.21. The molecule has 0 saturated carbocycles. The average molecular weight is 338 g/mol. The van der Waals surface area contributed by atoms with E-state index >= 15 is 0 Å². The number of aryl methyl sites for hydroxylation is 2.